The molecule has 25 heavy (non-hydrogen) atoms. The molecule has 9 heteroatoms. The van der Waals surface area contributed by atoms with Crippen LogP contribution in [0.25, 0.3) is 0 Å². The number of nitrogens with one attached hydrogen (secondary N) is 2. The molecule has 1 aromatic rings. The van der Waals surface area contributed by atoms with Crippen LogP contribution in [0.5, 0.6) is 0 Å². The van der Waals surface area contributed by atoms with Crippen LogP contribution in [0.4, 0.5) is 0 Å². The molecular formula is C16H21N5O3S. The number of rotatable bonds is 6. The van der Waals surface area contributed by atoms with Gasteiger partial charge in [-0.05, 0) is 12.5 Å². The van der Waals surface area contributed by atoms with Gasteiger partial charge in [0.05, 0.1) is 11.5 Å². The van der Waals surface area contributed by atoms with Crippen LogP contribution in [-0.4, -0.2) is 66.9 Å². The van der Waals surface area contributed by atoms with Crippen LogP contribution in [0.1, 0.15) is 23.2 Å². The Morgan fingerprint density at radius 2 is 2.20 bits per heavy atom. The van der Waals surface area contributed by atoms with Gasteiger partial charge in [0, 0.05) is 32.4 Å². The Morgan fingerprint density at radius 3 is 2.80 bits per heavy atom. The van der Waals surface area contributed by atoms with Gasteiger partial charge in [0.2, 0.25) is 0 Å². The summed E-state index contributed by atoms with van der Waals surface area (Å²) in [6.45, 7) is 4.02. The van der Waals surface area contributed by atoms with E-state index in [9.17, 15) is 13.2 Å². The van der Waals surface area contributed by atoms with Gasteiger partial charge in [0.25, 0.3) is 5.91 Å². The van der Waals surface area contributed by atoms with Crippen LogP contribution in [-0.2, 0) is 9.84 Å². The summed E-state index contributed by atoms with van der Waals surface area (Å²) in [6.07, 6.45) is 7.07. The molecule has 0 aromatic carbocycles. The first kappa shape index (κ1) is 18.9. The van der Waals surface area contributed by atoms with Crippen LogP contribution >= 0.6 is 0 Å². The summed E-state index contributed by atoms with van der Waals surface area (Å²) in [7, 11) is -2.87. The fourth-order valence-electron chi connectivity index (χ4n) is 2.35. The molecule has 0 aliphatic carbocycles. The molecule has 0 atom stereocenters. The summed E-state index contributed by atoms with van der Waals surface area (Å²) in [4.78, 5) is 20.4. The van der Waals surface area contributed by atoms with Crippen molar-refractivity contribution in [3.05, 3.63) is 41.5 Å². The number of hydrogen-bond donors (Lipinski definition) is 2. The Balaban J connectivity index is 1.78. The smallest absolute Gasteiger partial charge is 0.287 e. The van der Waals surface area contributed by atoms with E-state index in [1.54, 1.807) is 0 Å². The number of carbonyl (C=O) groups excluding carboxylic acids is 1. The summed E-state index contributed by atoms with van der Waals surface area (Å²) < 4.78 is 22.9. The van der Waals surface area contributed by atoms with Crippen molar-refractivity contribution in [3.63, 3.8) is 0 Å². The molecule has 134 valence electrons. The molecule has 0 unspecified atom stereocenters. The van der Waals surface area contributed by atoms with Crippen molar-refractivity contribution in [2.75, 3.05) is 37.7 Å². The molecule has 1 aromatic heterocycles. The molecule has 0 spiro atoms. The maximum absolute atomic E-state index is 11.8. The number of aromatic nitrogens is 2. The highest BCUT2D eigenvalue weighted by molar-refractivity contribution is 7.91. The highest BCUT2D eigenvalue weighted by Crippen LogP contribution is 2.08. The topological polar surface area (TPSA) is 119 Å². The average molecular weight is 363 g/mol. The fourth-order valence-corrected chi connectivity index (χ4v) is 3.62. The Bertz CT molecular complexity index is 803. The third-order valence-corrected chi connectivity index (χ3v) is 5.44. The minimum absolute atomic E-state index is 0.103. The van der Waals surface area contributed by atoms with E-state index in [-0.39, 0.29) is 28.9 Å². The molecule has 1 aliphatic heterocycles. The lowest BCUT2D eigenvalue weighted by molar-refractivity contribution is 0.0948. The number of aromatic amines is 1. The summed E-state index contributed by atoms with van der Waals surface area (Å²) >= 11 is 0. The third-order valence-electron chi connectivity index (χ3n) is 3.83. The Hall–Kier alpha value is -2.44. The lowest BCUT2D eigenvalue weighted by Gasteiger charge is -2.26. The largest absolute Gasteiger partial charge is 0.346 e. The molecule has 2 rings (SSSR count). The number of H-pyrrole nitrogens is 1. The van der Waals surface area contributed by atoms with E-state index in [2.05, 4.69) is 20.2 Å². The van der Waals surface area contributed by atoms with Crippen molar-refractivity contribution in [1.29, 1.82) is 5.26 Å². The molecule has 0 bridgehead atoms. The molecule has 1 aliphatic rings. The minimum atomic E-state index is -2.87. The first-order valence-corrected chi connectivity index (χ1v) is 9.74. The monoisotopic (exact) mass is 363 g/mol. The average Bonchev–Trinajstić information content (AvgIpc) is 3.08. The molecule has 0 radical (unpaired) electrons. The Kier molecular flexibility index (Phi) is 6.50. The van der Waals surface area contributed by atoms with Crippen LogP contribution in [0, 0.1) is 11.3 Å². The summed E-state index contributed by atoms with van der Waals surface area (Å²) in [5.74, 6) is 0.134. The predicted octanol–water partition coefficient (Wildman–Crippen LogP) is 0.244. The van der Waals surface area contributed by atoms with Crippen molar-refractivity contribution in [2.45, 2.75) is 6.92 Å². The van der Waals surface area contributed by atoms with E-state index in [0.29, 0.717) is 26.2 Å². The molecule has 0 saturated carbocycles. The minimum Gasteiger partial charge on any atom is -0.346 e. The Morgan fingerprint density at radius 1 is 1.48 bits per heavy atom. The highest BCUT2D eigenvalue weighted by atomic mass is 32.2. The number of nitriles is 1. The molecule has 1 saturated heterocycles. The second-order valence-corrected chi connectivity index (χ2v) is 7.95. The van der Waals surface area contributed by atoms with Crippen molar-refractivity contribution >= 4 is 15.7 Å². The number of amides is 1. The van der Waals surface area contributed by atoms with Gasteiger partial charge < -0.3 is 10.3 Å². The van der Waals surface area contributed by atoms with Gasteiger partial charge in [-0.25, -0.2) is 13.4 Å². The van der Waals surface area contributed by atoms with E-state index in [0.717, 1.165) is 5.57 Å². The fraction of sp³-hybridized carbons (Fsp3) is 0.438. The second kappa shape index (κ2) is 8.60. The lowest BCUT2D eigenvalue weighted by atomic mass is 10.2. The molecule has 8 nitrogen and oxygen atoms in total. The highest BCUT2D eigenvalue weighted by Gasteiger charge is 2.21. The summed E-state index contributed by atoms with van der Waals surface area (Å²) in [5.41, 5.74) is 1.22. The van der Waals surface area contributed by atoms with Gasteiger partial charge >= 0.3 is 0 Å². The number of imidazole rings is 1. The Labute approximate surface area is 147 Å². The summed E-state index contributed by atoms with van der Waals surface area (Å²) in [6, 6.07) is 1.85. The quantitative estimate of drug-likeness (QED) is 0.699. The zero-order chi connectivity index (χ0) is 18.3. The van der Waals surface area contributed by atoms with E-state index in [4.69, 9.17) is 5.26 Å². The predicted molar refractivity (Wildman–Crippen MR) is 93.6 cm³/mol. The number of nitrogens with zero attached hydrogens (tertiary/aromatic N) is 3. The molecular weight excluding hydrogens is 342 g/mol. The van der Waals surface area contributed by atoms with E-state index in [1.807, 2.05) is 31.2 Å². The molecule has 1 fully saturated rings. The van der Waals surface area contributed by atoms with Crippen LogP contribution in [0.15, 0.2) is 30.0 Å². The van der Waals surface area contributed by atoms with Crippen molar-refractivity contribution < 1.29 is 13.2 Å². The van der Waals surface area contributed by atoms with E-state index in [1.165, 1.54) is 6.20 Å². The summed E-state index contributed by atoms with van der Waals surface area (Å²) in [5, 5.41) is 11.4. The SMILES string of the molecule is C/C=C(\C=C/CNC(=O)c1nc(C#N)c[nH]1)CN1CCS(=O)(=O)CC1. The maximum Gasteiger partial charge on any atom is 0.287 e. The van der Waals surface area contributed by atoms with Gasteiger partial charge in [-0.1, -0.05) is 18.2 Å². The molecule has 1 amide bonds. The third kappa shape index (κ3) is 5.85. The first-order chi connectivity index (χ1) is 11.9. The number of carbonyl (C=O) groups is 1. The maximum atomic E-state index is 11.8. The van der Waals surface area contributed by atoms with Crippen LogP contribution in [0.3, 0.4) is 0 Å². The van der Waals surface area contributed by atoms with Gasteiger partial charge in [-0.15, -0.1) is 0 Å². The van der Waals surface area contributed by atoms with Gasteiger partial charge in [-0.2, -0.15) is 5.26 Å². The van der Waals surface area contributed by atoms with Gasteiger partial charge in [0.15, 0.2) is 21.4 Å². The first-order valence-electron chi connectivity index (χ1n) is 7.92. The number of sulfone groups is 1. The normalized spacial score (nSPS) is 18.2. The zero-order valence-electron chi connectivity index (χ0n) is 14.0. The molecule has 2 N–H and O–H groups in total. The van der Waals surface area contributed by atoms with Crippen molar-refractivity contribution in [3.8, 4) is 6.07 Å². The van der Waals surface area contributed by atoms with Gasteiger partial charge in [-0.3, -0.25) is 9.69 Å². The van der Waals surface area contributed by atoms with Gasteiger partial charge in [0.1, 0.15) is 6.07 Å². The van der Waals surface area contributed by atoms with Crippen LogP contribution in [0.2, 0.25) is 0 Å². The van der Waals surface area contributed by atoms with Crippen molar-refractivity contribution in [1.82, 2.24) is 20.2 Å². The van der Waals surface area contributed by atoms with E-state index >= 15 is 0 Å². The number of hydrogen-bond acceptors (Lipinski definition) is 6. The van der Waals surface area contributed by atoms with Crippen LogP contribution < -0.4 is 5.32 Å². The standard InChI is InChI=1S/C16H21N5O3S/c1-2-13(12-21-6-8-25(23,24)9-7-21)4-3-5-18-16(22)15-19-11-14(10-17)20-15/h2-4,11H,5-9,12H2,1H3,(H,18,22)(H,19,20)/b4-3-,13-2+. The van der Waals surface area contributed by atoms with Crippen molar-refractivity contribution in [2.24, 2.45) is 0 Å². The molecule has 2 heterocycles. The zero-order valence-corrected chi connectivity index (χ0v) is 14.8. The second-order valence-electron chi connectivity index (χ2n) is 5.65. The van der Waals surface area contributed by atoms with E-state index < -0.39 is 9.84 Å². The lowest BCUT2D eigenvalue weighted by Crippen LogP contribution is -2.41. The number of allylic oxidation sites excluding steroid dienone is 1.